The number of nitro groups is 1. The van der Waals surface area contributed by atoms with Crippen molar-refractivity contribution in [2.24, 2.45) is 0 Å². The molecule has 7 heteroatoms. The number of benzene rings is 2. The molecule has 1 atom stereocenters. The Kier molecular flexibility index (Phi) is 5.49. The van der Waals surface area contributed by atoms with Gasteiger partial charge in [0.2, 0.25) is 5.91 Å². The van der Waals surface area contributed by atoms with E-state index in [4.69, 9.17) is 5.11 Å². The smallest absolute Gasteiger partial charge is 0.335 e. The Hall–Kier alpha value is -3.22. The zero-order valence-electron chi connectivity index (χ0n) is 13.9. The van der Waals surface area contributed by atoms with Crippen molar-refractivity contribution in [3.05, 3.63) is 74.8 Å². The zero-order chi connectivity index (χ0) is 18.6. The molecule has 2 N–H and O–H groups in total. The van der Waals surface area contributed by atoms with Crippen LogP contribution < -0.4 is 5.32 Å². The average Bonchev–Trinajstić information content (AvgIpc) is 2.56. The van der Waals surface area contributed by atoms with Gasteiger partial charge in [-0.1, -0.05) is 24.3 Å². The molecule has 0 saturated heterocycles. The number of carbonyl (C=O) groups excluding carboxylic acids is 1. The summed E-state index contributed by atoms with van der Waals surface area (Å²) < 4.78 is 0. The van der Waals surface area contributed by atoms with E-state index in [0.717, 1.165) is 17.2 Å². The Balaban J connectivity index is 2.22. The predicted molar refractivity (Wildman–Crippen MR) is 91.5 cm³/mol. The Morgan fingerprint density at radius 3 is 2.52 bits per heavy atom. The Labute approximate surface area is 144 Å². The zero-order valence-corrected chi connectivity index (χ0v) is 13.9. The number of nitrogens with one attached hydrogen (secondary N) is 1. The van der Waals surface area contributed by atoms with E-state index in [1.165, 1.54) is 12.1 Å². The summed E-state index contributed by atoms with van der Waals surface area (Å²) >= 11 is 0. The van der Waals surface area contributed by atoms with Crippen molar-refractivity contribution in [2.45, 2.75) is 26.3 Å². The summed E-state index contributed by atoms with van der Waals surface area (Å²) in [6.07, 6.45) is 0.142. The highest BCUT2D eigenvalue weighted by atomic mass is 16.6. The van der Waals surface area contributed by atoms with Crippen molar-refractivity contribution in [3.63, 3.8) is 0 Å². The van der Waals surface area contributed by atoms with E-state index >= 15 is 0 Å². The molecule has 0 radical (unpaired) electrons. The second-order valence-electron chi connectivity index (χ2n) is 5.73. The van der Waals surface area contributed by atoms with Crippen LogP contribution in [0.1, 0.15) is 40.0 Å². The fraction of sp³-hybridized carbons (Fsp3) is 0.222. The minimum Gasteiger partial charge on any atom is -0.478 e. The average molecular weight is 342 g/mol. The second-order valence-corrected chi connectivity index (χ2v) is 5.73. The van der Waals surface area contributed by atoms with Crippen LogP contribution in [-0.4, -0.2) is 21.9 Å². The van der Waals surface area contributed by atoms with Gasteiger partial charge < -0.3 is 10.4 Å². The molecular weight excluding hydrogens is 324 g/mol. The van der Waals surface area contributed by atoms with E-state index in [2.05, 4.69) is 5.32 Å². The first-order valence-electron chi connectivity index (χ1n) is 7.65. The van der Waals surface area contributed by atoms with Gasteiger partial charge in [0.25, 0.3) is 5.69 Å². The van der Waals surface area contributed by atoms with Crippen molar-refractivity contribution >= 4 is 17.6 Å². The molecule has 0 spiro atoms. The minimum absolute atomic E-state index is 0.0689. The molecule has 0 aliphatic rings. The predicted octanol–water partition coefficient (Wildman–Crippen LogP) is 3.02. The normalized spacial score (nSPS) is 11.6. The molecule has 0 heterocycles. The van der Waals surface area contributed by atoms with Crippen molar-refractivity contribution in [2.75, 3.05) is 0 Å². The fourth-order valence-corrected chi connectivity index (χ4v) is 2.55. The molecule has 2 aromatic carbocycles. The van der Waals surface area contributed by atoms with Crippen LogP contribution >= 0.6 is 0 Å². The van der Waals surface area contributed by atoms with Gasteiger partial charge in [-0.3, -0.25) is 14.9 Å². The van der Waals surface area contributed by atoms with E-state index in [0.29, 0.717) is 0 Å². The molecule has 2 aromatic rings. The van der Waals surface area contributed by atoms with E-state index in [1.54, 1.807) is 6.92 Å². The number of amides is 1. The van der Waals surface area contributed by atoms with Crippen molar-refractivity contribution in [1.82, 2.24) is 5.32 Å². The van der Waals surface area contributed by atoms with E-state index < -0.39 is 16.9 Å². The standard InChI is InChI=1S/C18H18N2O5/c1-11-5-3-4-6-13(11)10-17(21)19-12(2)15-9-14(18(22)23)7-8-16(15)20(24)25/h3-9,12H,10H2,1-2H3,(H,19,21)(H,22,23). The first-order valence-corrected chi connectivity index (χ1v) is 7.65. The van der Waals surface area contributed by atoms with Gasteiger partial charge in [-0.15, -0.1) is 0 Å². The largest absolute Gasteiger partial charge is 0.478 e. The van der Waals surface area contributed by atoms with Crippen molar-refractivity contribution in [1.29, 1.82) is 0 Å². The third-order valence-electron chi connectivity index (χ3n) is 3.93. The van der Waals surface area contributed by atoms with Crippen molar-refractivity contribution < 1.29 is 19.6 Å². The molecule has 130 valence electrons. The van der Waals surface area contributed by atoms with Gasteiger partial charge in [0.1, 0.15) is 0 Å². The summed E-state index contributed by atoms with van der Waals surface area (Å²) in [6.45, 7) is 3.48. The number of hydrogen-bond donors (Lipinski definition) is 2. The highest BCUT2D eigenvalue weighted by Crippen LogP contribution is 2.26. The van der Waals surface area contributed by atoms with Crippen LogP contribution in [0.2, 0.25) is 0 Å². The van der Waals surface area contributed by atoms with Crippen LogP contribution in [0.15, 0.2) is 42.5 Å². The lowest BCUT2D eigenvalue weighted by Gasteiger charge is -2.15. The highest BCUT2D eigenvalue weighted by Gasteiger charge is 2.22. The van der Waals surface area contributed by atoms with Gasteiger partial charge >= 0.3 is 5.97 Å². The molecule has 0 aromatic heterocycles. The summed E-state index contributed by atoms with van der Waals surface area (Å²) in [5, 5.41) is 22.9. The van der Waals surface area contributed by atoms with Crippen molar-refractivity contribution in [3.8, 4) is 0 Å². The van der Waals surface area contributed by atoms with Gasteiger partial charge in [0, 0.05) is 6.07 Å². The van der Waals surface area contributed by atoms with Gasteiger partial charge in [0.15, 0.2) is 0 Å². The number of hydrogen-bond acceptors (Lipinski definition) is 4. The quantitative estimate of drug-likeness (QED) is 0.619. The number of carboxylic acid groups (broad SMARTS) is 1. The van der Waals surface area contributed by atoms with Crippen LogP contribution in [0, 0.1) is 17.0 Å². The molecular formula is C18H18N2O5. The Morgan fingerprint density at radius 2 is 1.92 bits per heavy atom. The number of carboxylic acids is 1. The number of aryl methyl sites for hydroxylation is 1. The molecule has 0 saturated carbocycles. The lowest BCUT2D eigenvalue weighted by atomic mass is 10.0. The molecule has 2 rings (SSSR count). The first-order chi connectivity index (χ1) is 11.8. The molecule has 0 bridgehead atoms. The molecule has 1 amide bonds. The molecule has 25 heavy (non-hydrogen) atoms. The molecule has 0 aliphatic carbocycles. The second kappa shape index (κ2) is 7.57. The maximum absolute atomic E-state index is 12.3. The minimum atomic E-state index is -1.19. The van der Waals surface area contributed by atoms with Crippen LogP contribution in [0.25, 0.3) is 0 Å². The van der Waals surface area contributed by atoms with Gasteiger partial charge in [-0.25, -0.2) is 4.79 Å². The summed E-state index contributed by atoms with van der Waals surface area (Å²) in [6, 6.07) is 10.3. The van der Waals surface area contributed by atoms with Crippen LogP contribution in [-0.2, 0) is 11.2 Å². The van der Waals surface area contributed by atoms with Gasteiger partial charge in [-0.2, -0.15) is 0 Å². The fourth-order valence-electron chi connectivity index (χ4n) is 2.55. The van der Waals surface area contributed by atoms with E-state index in [1.807, 2.05) is 31.2 Å². The van der Waals surface area contributed by atoms with Crippen LogP contribution in [0.3, 0.4) is 0 Å². The maximum atomic E-state index is 12.3. The lowest BCUT2D eigenvalue weighted by molar-refractivity contribution is -0.385. The molecule has 1 unspecified atom stereocenters. The summed E-state index contributed by atoms with van der Waals surface area (Å²) in [5.41, 5.74) is 1.70. The number of rotatable bonds is 6. The Morgan fingerprint density at radius 1 is 1.24 bits per heavy atom. The maximum Gasteiger partial charge on any atom is 0.335 e. The van der Waals surface area contributed by atoms with E-state index in [-0.39, 0.29) is 29.1 Å². The monoisotopic (exact) mass is 342 g/mol. The number of nitro benzene ring substituents is 1. The SMILES string of the molecule is Cc1ccccc1CC(=O)NC(C)c1cc(C(=O)O)ccc1[N+](=O)[O-]. The number of nitrogens with zero attached hydrogens (tertiary/aromatic N) is 1. The molecule has 7 nitrogen and oxygen atoms in total. The summed E-state index contributed by atoms with van der Waals surface area (Å²) in [5.74, 6) is -1.48. The Bertz CT molecular complexity index is 832. The van der Waals surface area contributed by atoms with E-state index in [9.17, 15) is 19.7 Å². The molecule has 0 aliphatic heterocycles. The number of aromatic carboxylic acids is 1. The summed E-state index contributed by atoms with van der Waals surface area (Å²) in [7, 11) is 0. The van der Waals surface area contributed by atoms with Crippen LogP contribution in [0.5, 0.6) is 0 Å². The lowest BCUT2D eigenvalue weighted by Crippen LogP contribution is -2.29. The third kappa shape index (κ3) is 4.41. The first kappa shape index (κ1) is 18.1. The van der Waals surface area contributed by atoms with Gasteiger partial charge in [0.05, 0.1) is 28.5 Å². The number of carbonyl (C=O) groups is 2. The van der Waals surface area contributed by atoms with Crippen LogP contribution in [0.4, 0.5) is 5.69 Å². The molecule has 0 fully saturated rings. The summed E-state index contributed by atoms with van der Waals surface area (Å²) in [4.78, 5) is 33.9. The topological polar surface area (TPSA) is 110 Å². The van der Waals surface area contributed by atoms with Gasteiger partial charge in [-0.05, 0) is 37.1 Å². The highest BCUT2D eigenvalue weighted by molar-refractivity contribution is 5.88. The third-order valence-corrected chi connectivity index (χ3v) is 3.93.